The van der Waals surface area contributed by atoms with E-state index in [4.69, 9.17) is 9.47 Å². The summed E-state index contributed by atoms with van der Waals surface area (Å²) in [5.41, 5.74) is -0.384. The van der Waals surface area contributed by atoms with Crippen molar-refractivity contribution in [3.63, 3.8) is 0 Å². The van der Waals surface area contributed by atoms with Crippen molar-refractivity contribution < 1.29 is 9.47 Å². The fourth-order valence-electron chi connectivity index (χ4n) is 2.15. The molecule has 1 fully saturated rings. The predicted octanol–water partition coefficient (Wildman–Crippen LogP) is 4.14. The zero-order valence-electron chi connectivity index (χ0n) is 9.71. The summed E-state index contributed by atoms with van der Waals surface area (Å²) in [6, 6.07) is 0. The second kappa shape index (κ2) is 5.34. The summed E-state index contributed by atoms with van der Waals surface area (Å²) in [5, 5.41) is 0. The lowest BCUT2D eigenvalue weighted by Crippen LogP contribution is -2.42. The maximum absolute atomic E-state index is 6.07. The van der Waals surface area contributed by atoms with Gasteiger partial charge in [0, 0.05) is 0 Å². The van der Waals surface area contributed by atoms with Crippen LogP contribution in [0.3, 0.4) is 0 Å². The van der Waals surface area contributed by atoms with Crippen LogP contribution in [0.2, 0.25) is 0 Å². The van der Waals surface area contributed by atoms with Gasteiger partial charge in [-0.25, -0.2) is 0 Å². The largest absolute Gasteiger partial charge is 0.342 e. The van der Waals surface area contributed by atoms with E-state index in [9.17, 15) is 0 Å². The highest BCUT2D eigenvalue weighted by Gasteiger charge is 2.53. The molecule has 0 aliphatic carbocycles. The maximum Gasteiger partial charge on any atom is 0.164 e. The van der Waals surface area contributed by atoms with Crippen molar-refractivity contribution in [2.75, 3.05) is 0 Å². The molecule has 1 aliphatic rings. The predicted molar refractivity (Wildman–Crippen MR) is 74.0 cm³/mol. The lowest BCUT2D eigenvalue weighted by Gasteiger charge is -2.32. The molecule has 1 heterocycles. The molecule has 0 spiro atoms. The van der Waals surface area contributed by atoms with Gasteiger partial charge in [-0.15, -0.1) is 13.2 Å². The SMILES string of the molecule is C=CCC1(CC=C)OC(C)(C)O[C@@H]1C(Br)Br. The fourth-order valence-corrected chi connectivity index (χ4v) is 3.33. The van der Waals surface area contributed by atoms with Crippen LogP contribution < -0.4 is 0 Å². The Morgan fingerprint density at radius 3 is 2.12 bits per heavy atom. The fraction of sp³-hybridized carbons (Fsp3) is 0.667. The Bertz CT molecular complexity index is 264. The van der Waals surface area contributed by atoms with Crippen molar-refractivity contribution in [2.45, 2.75) is 47.9 Å². The van der Waals surface area contributed by atoms with Crippen LogP contribution in [0, 0.1) is 0 Å². The van der Waals surface area contributed by atoms with Crippen molar-refractivity contribution in [1.82, 2.24) is 0 Å². The standard InChI is InChI=1S/C12H18Br2O2/c1-5-7-12(8-6-2)9(10(13)14)15-11(3,4)16-12/h5-6,9-10H,1-2,7-8H2,3-4H3/t9-/m1/s1. The lowest BCUT2D eigenvalue weighted by molar-refractivity contribution is -0.161. The van der Waals surface area contributed by atoms with E-state index < -0.39 is 5.79 Å². The van der Waals surface area contributed by atoms with Gasteiger partial charge in [0.05, 0.1) is 3.74 Å². The van der Waals surface area contributed by atoms with E-state index in [1.54, 1.807) is 0 Å². The monoisotopic (exact) mass is 352 g/mol. The molecule has 0 amide bonds. The third kappa shape index (κ3) is 2.97. The van der Waals surface area contributed by atoms with Crippen LogP contribution in [0.25, 0.3) is 0 Å². The first-order valence-corrected chi connectivity index (χ1v) is 7.08. The Morgan fingerprint density at radius 1 is 1.25 bits per heavy atom. The lowest BCUT2D eigenvalue weighted by atomic mass is 9.90. The highest BCUT2D eigenvalue weighted by atomic mass is 79.9. The summed E-state index contributed by atoms with van der Waals surface area (Å²) in [4.78, 5) is 0. The minimum atomic E-state index is -0.573. The van der Waals surface area contributed by atoms with Crippen molar-refractivity contribution in [1.29, 1.82) is 0 Å². The summed E-state index contributed by atoms with van der Waals surface area (Å²) in [5.74, 6) is -0.573. The topological polar surface area (TPSA) is 18.5 Å². The number of halogens is 2. The van der Waals surface area contributed by atoms with Gasteiger partial charge in [0.2, 0.25) is 0 Å². The minimum absolute atomic E-state index is 0.0432. The second-order valence-corrected chi connectivity index (χ2v) is 7.63. The van der Waals surface area contributed by atoms with E-state index in [0.717, 1.165) is 12.8 Å². The van der Waals surface area contributed by atoms with Gasteiger partial charge < -0.3 is 9.47 Å². The molecule has 0 N–H and O–H groups in total. The first kappa shape index (κ1) is 14.4. The molecule has 16 heavy (non-hydrogen) atoms. The molecule has 0 saturated carbocycles. The normalized spacial score (nSPS) is 26.9. The van der Waals surface area contributed by atoms with Crippen LogP contribution in [0.15, 0.2) is 25.3 Å². The molecule has 1 aliphatic heterocycles. The van der Waals surface area contributed by atoms with Crippen LogP contribution in [0.5, 0.6) is 0 Å². The molecule has 1 atom stereocenters. The third-order valence-corrected chi connectivity index (χ3v) is 3.55. The third-order valence-electron chi connectivity index (χ3n) is 2.59. The first-order valence-electron chi connectivity index (χ1n) is 5.25. The molecule has 0 aromatic rings. The summed E-state index contributed by atoms with van der Waals surface area (Å²) >= 11 is 7.02. The molecule has 0 radical (unpaired) electrons. The first-order chi connectivity index (χ1) is 7.37. The van der Waals surface area contributed by atoms with Crippen LogP contribution in [0.4, 0.5) is 0 Å². The van der Waals surface area contributed by atoms with Crippen LogP contribution in [0.1, 0.15) is 26.7 Å². The van der Waals surface area contributed by atoms with Crippen LogP contribution >= 0.6 is 31.9 Å². The molecule has 0 aromatic heterocycles. The zero-order valence-corrected chi connectivity index (χ0v) is 12.9. The van der Waals surface area contributed by atoms with E-state index in [2.05, 4.69) is 45.0 Å². The van der Waals surface area contributed by atoms with E-state index in [1.165, 1.54) is 0 Å². The Hall–Kier alpha value is 0.360. The van der Waals surface area contributed by atoms with E-state index in [-0.39, 0.29) is 15.4 Å². The molecule has 1 rings (SSSR count). The Kier molecular flexibility index (Phi) is 4.81. The highest BCUT2D eigenvalue weighted by Crippen LogP contribution is 2.45. The molecule has 0 aromatic carbocycles. The number of hydrogen-bond donors (Lipinski definition) is 0. The van der Waals surface area contributed by atoms with Crippen molar-refractivity contribution in [3.8, 4) is 0 Å². The zero-order chi connectivity index (χ0) is 12.4. The highest BCUT2D eigenvalue weighted by molar-refractivity contribution is 9.24. The molecule has 1 saturated heterocycles. The van der Waals surface area contributed by atoms with Crippen molar-refractivity contribution in [3.05, 3.63) is 25.3 Å². The van der Waals surface area contributed by atoms with Gasteiger partial charge in [0.25, 0.3) is 0 Å². The van der Waals surface area contributed by atoms with Gasteiger partial charge in [0.1, 0.15) is 11.7 Å². The van der Waals surface area contributed by atoms with Gasteiger partial charge in [0.15, 0.2) is 5.79 Å². The summed E-state index contributed by atoms with van der Waals surface area (Å²) in [6.45, 7) is 11.4. The van der Waals surface area contributed by atoms with Crippen molar-refractivity contribution >= 4 is 31.9 Å². The Labute approximate surface area is 114 Å². The molecule has 2 nitrogen and oxygen atoms in total. The van der Waals surface area contributed by atoms with E-state index in [0.29, 0.717) is 0 Å². The van der Waals surface area contributed by atoms with E-state index in [1.807, 2.05) is 26.0 Å². The van der Waals surface area contributed by atoms with Gasteiger partial charge in [-0.1, -0.05) is 44.0 Å². The van der Waals surface area contributed by atoms with Crippen LogP contribution in [-0.4, -0.2) is 21.2 Å². The average molecular weight is 354 g/mol. The number of rotatable bonds is 5. The quantitative estimate of drug-likeness (QED) is 0.546. The van der Waals surface area contributed by atoms with Gasteiger partial charge >= 0.3 is 0 Å². The van der Waals surface area contributed by atoms with Gasteiger partial charge in [-0.2, -0.15) is 0 Å². The van der Waals surface area contributed by atoms with Crippen molar-refractivity contribution in [2.24, 2.45) is 0 Å². The molecule has 92 valence electrons. The number of hydrogen-bond acceptors (Lipinski definition) is 2. The average Bonchev–Trinajstić information content (AvgIpc) is 2.39. The number of alkyl halides is 2. The summed E-state index contributed by atoms with van der Waals surface area (Å²) < 4.78 is 12.0. The molecular formula is C12H18Br2O2. The Balaban J connectivity index is 3.02. The maximum atomic E-state index is 6.07. The second-order valence-electron chi connectivity index (χ2n) is 4.43. The molecule has 0 bridgehead atoms. The smallest absolute Gasteiger partial charge is 0.164 e. The molecule has 0 unspecified atom stereocenters. The summed E-state index contributed by atoms with van der Waals surface area (Å²) in [6.07, 6.45) is 5.13. The van der Waals surface area contributed by atoms with E-state index >= 15 is 0 Å². The molecule has 4 heteroatoms. The van der Waals surface area contributed by atoms with Gasteiger partial charge in [-0.05, 0) is 26.7 Å². The van der Waals surface area contributed by atoms with Gasteiger partial charge in [-0.3, -0.25) is 0 Å². The Morgan fingerprint density at radius 2 is 1.75 bits per heavy atom. The summed E-state index contributed by atoms with van der Waals surface area (Å²) in [7, 11) is 0. The molecular weight excluding hydrogens is 336 g/mol. The van der Waals surface area contributed by atoms with Crippen LogP contribution in [-0.2, 0) is 9.47 Å². The number of ether oxygens (including phenoxy) is 2. The minimum Gasteiger partial charge on any atom is -0.342 e.